The minimum absolute atomic E-state index is 0.00980. The van der Waals surface area contributed by atoms with E-state index < -0.39 is 11.2 Å². The average molecular weight is 490 g/mol. The van der Waals surface area contributed by atoms with E-state index in [0.29, 0.717) is 10.7 Å². The van der Waals surface area contributed by atoms with Crippen molar-refractivity contribution in [2.45, 2.75) is 11.7 Å². The quantitative estimate of drug-likeness (QED) is 0.424. The van der Waals surface area contributed by atoms with Crippen LogP contribution in [0.3, 0.4) is 0 Å². The Balaban J connectivity index is 1.67. The van der Waals surface area contributed by atoms with Crippen LogP contribution in [-0.4, -0.2) is 48.6 Å². The topological polar surface area (TPSA) is 142 Å². The van der Waals surface area contributed by atoms with Crippen LogP contribution in [0, 0.1) is 0 Å². The predicted octanol–water partition coefficient (Wildman–Crippen LogP) is 1.67. The van der Waals surface area contributed by atoms with E-state index in [-0.39, 0.29) is 46.0 Å². The number of aromatic carboxylic acids is 1. The van der Waals surface area contributed by atoms with Crippen molar-refractivity contribution in [2.75, 3.05) is 19.5 Å². The standard InChI is InChI=1S/C21H19ClN4O6S/c1-31-14-8-3-11(17(20(29)30)18(14)32-2)10-23-26-21-25-19(28)15(33-21)9-16(27)24-13-6-4-12(22)5-7-13/h3-8,10,15H,9H2,1-2H3,(H,24,27)(H,29,30)(H,25,26,28)/p-1/b23-10-/t15-/m0/s1. The third-order valence-electron chi connectivity index (χ3n) is 4.40. The number of hydrogen-bond donors (Lipinski definition) is 2. The molecule has 0 aliphatic carbocycles. The smallest absolute Gasteiger partial charge is 0.240 e. The number of hydrogen-bond acceptors (Lipinski definition) is 9. The first-order chi connectivity index (χ1) is 15.8. The van der Waals surface area contributed by atoms with Gasteiger partial charge in [-0.05, 0) is 36.4 Å². The lowest BCUT2D eigenvalue weighted by Crippen LogP contribution is -2.28. The Morgan fingerprint density at radius 1 is 1.21 bits per heavy atom. The largest absolute Gasteiger partial charge is 0.545 e. The molecule has 1 fully saturated rings. The van der Waals surface area contributed by atoms with Gasteiger partial charge in [-0.1, -0.05) is 23.4 Å². The number of benzene rings is 2. The van der Waals surface area contributed by atoms with Gasteiger partial charge < -0.3 is 30.0 Å². The lowest BCUT2D eigenvalue weighted by molar-refractivity contribution is -0.255. The fourth-order valence-corrected chi connectivity index (χ4v) is 3.95. The van der Waals surface area contributed by atoms with E-state index >= 15 is 0 Å². The predicted molar refractivity (Wildman–Crippen MR) is 123 cm³/mol. The molecule has 1 atom stereocenters. The van der Waals surface area contributed by atoms with Gasteiger partial charge in [0.1, 0.15) is 5.25 Å². The molecule has 10 nitrogen and oxygen atoms in total. The molecule has 1 aliphatic rings. The summed E-state index contributed by atoms with van der Waals surface area (Å²) in [6.07, 6.45) is 1.11. The molecule has 0 aromatic heterocycles. The van der Waals surface area contributed by atoms with Gasteiger partial charge in [-0.2, -0.15) is 5.10 Å². The van der Waals surface area contributed by atoms with Gasteiger partial charge in [-0.3, -0.25) is 9.59 Å². The second kappa shape index (κ2) is 10.8. The second-order valence-corrected chi connectivity index (χ2v) is 8.19. The third kappa shape index (κ3) is 6.02. The molecule has 12 heteroatoms. The highest BCUT2D eigenvalue weighted by atomic mass is 35.5. The highest BCUT2D eigenvalue weighted by Crippen LogP contribution is 2.32. The van der Waals surface area contributed by atoms with E-state index in [0.717, 1.165) is 11.8 Å². The van der Waals surface area contributed by atoms with Gasteiger partial charge in [0.25, 0.3) is 0 Å². The zero-order chi connectivity index (χ0) is 24.0. The Labute approximate surface area is 198 Å². The van der Waals surface area contributed by atoms with E-state index in [2.05, 4.69) is 20.8 Å². The summed E-state index contributed by atoms with van der Waals surface area (Å²) < 4.78 is 10.2. The number of ether oxygens (including phenoxy) is 2. The van der Waals surface area contributed by atoms with Crippen molar-refractivity contribution in [2.24, 2.45) is 10.2 Å². The number of amides is 2. The van der Waals surface area contributed by atoms with Crippen molar-refractivity contribution in [1.82, 2.24) is 5.32 Å². The number of nitrogens with one attached hydrogen (secondary N) is 2. The molecular weight excluding hydrogens is 472 g/mol. The van der Waals surface area contributed by atoms with Crippen LogP contribution < -0.4 is 25.2 Å². The number of carbonyl (C=O) groups excluding carboxylic acids is 3. The fraction of sp³-hybridized carbons (Fsp3) is 0.190. The minimum Gasteiger partial charge on any atom is -0.545 e. The molecule has 1 heterocycles. The Morgan fingerprint density at radius 2 is 1.94 bits per heavy atom. The zero-order valence-corrected chi connectivity index (χ0v) is 19.0. The van der Waals surface area contributed by atoms with Crippen molar-refractivity contribution in [3.63, 3.8) is 0 Å². The molecule has 0 bridgehead atoms. The van der Waals surface area contributed by atoms with E-state index in [1.165, 1.54) is 32.6 Å². The number of halogens is 1. The third-order valence-corrected chi connectivity index (χ3v) is 5.73. The number of carboxylic acids is 1. The van der Waals surface area contributed by atoms with Gasteiger partial charge in [-0.15, -0.1) is 5.10 Å². The lowest BCUT2D eigenvalue weighted by Gasteiger charge is -2.15. The van der Waals surface area contributed by atoms with E-state index in [1.807, 2.05) is 0 Å². The van der Waals surface area contributed by atoms with E-state index in [9.17, 15) is 19.5 Å². The van der Waals surface area contributed by atoms with E-state index in [4.69, 9.17) is 21.1 Å². The first kappa shape index (κ1) is 24.1. The van der Waals surface area contributed by atoms with Crippen LogP contribution in [0.5, 0.6) is 11.5 Å². The summed E-state index contributed by atoms with van der Waals surface area (Å²) in [4.78, 5) is 36.0. The Hall–Kier alpha value is -3.57. The molecular formula is C21H18ClN4O6S-. The normalized spacial score (nSPS) is 16.6. The van der Waals surface area contributed by atoms with Crippen molar-refractivity contribution in [3.8, 4) is 11.5 Å². The van der Waals surface area contributed by atoms with Crippen molar-refractivity contribution in [1.29, 1.82) is 0 Å². The zero-order valence-electron chi connectivity index (χ0n) is 17.5. The van der Waals surface area contributed by atoms with Gasteiger partial charge >= 0.3 is 0 Å². The molecule has 2 aromatic carbocycles. The lowest BCUT2D eigenvalue weighted by atomic mass is 10.1. The van der Waals surface area contributed by atoms with Gasteiger partial charge in [-0.25, -0.2) is 0 Å². The molecule has 0 spiro atoms. The van der Waals surface area contributed by atoms with Crippen LogP contribution >= 0.6 is 23.4 Å². The maximum atomic E-state index is 12.2. The molecule has 0 radical (unpaired) electrons. The summed E-state index contributed by atoms with van der Waals surface area (Å²) in [6.45, 7) is 0. The molecule has 2 amide bonds. The van der Waals surface area contributed by atoms with Crippen LogP contribution in [0.15, 0.2) is 46.6 Å². The summed E-state index contributed by atoms with van der Waals surface area (Å²) in [5.41, 5.74) is 0.482. The first-order valence-corrected chi connectivity index (χ1v) is 10.7. The highest BCUT2D eigenvalue weighted by molar-refractivity contribution is 8.15. The van der Waals surface area contributed by atoms with Gasteiger partial charge in [0, 0.05) is 22.7 Å². The van der Waals surface area contributed by atoms with Crippen LogP contribution in [0.1, 0.15) is 22.3 Å². The van der Waals surface area contributed by atoms with E-state index in [1.54, 1.807) is 24.3 Å². The SMILES string of the molecule is COc1ccc(/C=N\N=C2\NC(=O)[C@H](CC(=O)Nc3ccc(Cl)cc3)S2)c(C(=O)[O-])c1OC. The maximum absolute atomic E-state index is 12.2. The molecule has 0 saturated carbocycles. The van der Waals surface area contributed by atoms with Crippen LogP contribution in [0.2, 0.25) is 5.02 Å². The van der Waals surface area contributed by atoms with Gasteiger partial charge in [0.2, 0.25) is 11.8 Å². The Morgan fingerprint density at radius 3 is 2.58 bits per heavy atom. The maximum Gasteiger partial charge on any atom is 0.240 e. The summed E-state index contributed by atoms with van der Waals surface area (Å²) in [6, 6.07) is 9.56. The number of thioether (sulfide) groups is 1. The van der Waals surface area contributed by atoms with Gasteiger partial charge in [0.15, 0.2) is 16.7 Å². The molecule has 172 valence electrons. The second-order valence-electron chi connectivity index (χ2n) is 6.56. The molecule has 1 saturated heterocycles. The molecule has 0 unspecified atom stereocenters. The number of carbonyl (C=O) groups is 3. The molecule has 33 heavy (non-hydrogen) atoms. The minimum atomic E-state index is -1.48. The Bertz CT molecular complexity index is 1140. The fourth-order valence-electron chi connectivity index (χ4n) is 2.90. The van der Waals surface area contributed by atoms with Crippen molar-refractivity contribution < 1.29 is 29.0 Å². The number of anilines is 1. The average Bonchev–Trinajstić information content (AvgIpc) is 3.13. The first-order valence-electron chi connectivity index (χ1n) is 9.42. The number of nitrogens with zero attached hydrogens (tertiary/aromatic N) is 2. The summed E-state index contributed by atoms with van der Waals surface area (Å²) in [5, 5.41) is 24.6. The molecule has 1 aliphatic heterocycles. The number of rotatable bonds is 8. The van der Waals surface area contributed by atoms with Crippen molar-refractivity contribution >= 4 is 58.2 Å². The summed E-state index contributed by atoms with van der Waals surface area (Å²) in [5.74, 6) is -2.00. The highest BCUT2D eigenvalue weighted by Gasteiger charge is 2.32. The number of methoxy groups -OCH3 is 2. The molecule has 2 aromatic rings. The monoisotopic (exact) mass is 489 g/mol. The molecule has 3 rings (SSSR count). The molecule has 2 N–H and O–H groups in total. The van der Waals surface area contributed by atoms with Crippen LogP contribution in [0.25, 0.3) is 0 Å². The summed E-state index contributed by atoms with van der Waals surface area (Å²) in [7, 11) is 2.68. The van der Waals surface area contributed by atoms with Crippen LogP contribution in [-0.2, 0) is 9.59 Å². The number of carboxylic acid groups (broad SMARTS) is 1. The van der Waals surface area contributed by atoms with Crippen molar-refractivity contribution in [3.05, 3.63) is 52.5 Å². The van der Waals surface area contributed by atoms with Gasteiger partial charge in [0.05, 0.1) is 32.0 Å². The Kier molecular flexibility index (Phi) is 7.91. The van der Waals surface area contributed by atoms with Crippen LogP contribution in [0.4, 0.5) is 5.69 Å². The number of amidine groups is 1. The summed E-state index contributed by atoms with van der Waals surface area (Å²) >= 11 is 6.86.